The number of nitrogen functional groups attached to an aromatic ring is 1. The molecule has 0 saturated heterocycles. The predicted octanol–water partition coefficient (Wildman–Crippen LogP) is 6.11. The quantitative estimate of drug-likeness (QED) is 0.363. The van der Waals surface area contributed by atoms with Gasteiger partial charge < -0.3 is 10.2 Å². The van der Waals surface area contributed by atoms with Gasteiger partial charge in [0.1, 0.15) is 0 Å². The summed E-state index contributed by atoms with van der Waals surface area (Å²) in [5.74, 6) is 0.309. The van der Waals surface area contributed by atoms with Crippen LogP contribution in [0.15, 0.2) is 36.4 Å². The number of fused-ring (bicyclic) bond motifs is 1. The number of nitrogens with two attached hydrogens (primary N) is 1. The summed E-state index contributed by atoms with van der Waals surface area (Å²) in [6.45, 7) is 12.0. The molecule has 0 fully saturated rings. The third-order valence-electron chi connectivity index (χ3n) is 5.92. The molecule has 31 heavy (non-hydrogen) atoms. The number of hydrogen-bond donors (Lipinski definition) is 1. The fourth-order valence-corrected chi connectivity index (χ4v) is 4.18. The van der Waals surface area contributed by atoms with E-state index in [0.717, 1.165) is 6.07 Å². The third kappa shape index (κ3) is 4.93. The average molecular weight is 451 g/mol. The Bertz CT molecular complexity index is 1070. The molecule has 168 valence electrons. The van der Waals surface area contributed by atoms with Gasteiger partial charge in [0.25, 0.3) is 0 Å². The minimum absolute atomic E-state index is 0.0319. The summed E-state index contributed by atoms with van der Waals surface area (Å²) in [6, 6.07) is 8.65. The maximum atomic E-state index is 13.4. The lowest BCUT2D eigenvalue weighted by Gasteiger charge is -2.36. The van der Waals surface area contributed by atoms with Gasteiger partial charge in [0.15, 0.2) is 19.8 Å². The number of nitrogens with zero attached hydrogens (tertiary/aromatic N) is 3. The van der Waals surface area contributed by atoms with E-state index < -0.39 is 20.1 Å². The molecule has 1 aromatic carbocycles. The molecule has 2 heterocycles. The predicted molar refractivity (Wildman–Crippen MR) is 120 cm³/mol. The van der Waals surface area contributed by atoms with E-state index in [4.69, 9.17) is 10.2 Å². The molecule has 3 aromatic rings. The maximum absolute atomic E-state index is 13.4. The summed E-state index contributed by atoms with van der Waals surface area (Å²) in [5, 5.41) is 5.09. The van der Waals surface area contributed by atoms with Crippen molar-refractivity contribution in [1.29, 1.82) is 0 Å². The summed E-state index contributed by atoms with van der Waals surface area (Å²) in [4.78, 5) is 4.50. The molecule has 0 aliphatic heterocycles. The summed E-state index contributed by atoms with van der Waals surface area (Å²) < 4.78 is 48.2. The third-order valence-corrected chi connectivity index (χ3v) is 10.5. The average Bonchev–Trinajstić information content (AvgIpc) is 2.99. The highest BCUT2D eigenvalue weighted by atomic mass is 28.4. The highest BCUT2D eigenvalue weighted by molar-refractivity contribution is 6.74. The molecule has 0 aliphatic rings. The van der Waals surface area contributed by atoms with Crippen molar-refractivity contribution in [2.75, 3.05) is 12.3 Å². The fourth-order valence-electron chi connectivity index (χ4n) is 3.09. The Kier molecular flexibility index (Phi) is 6.21. The van der Waals surface area contributed by atoms with Crippen molar-refractivity contribution in [2.45, 2.75) is 58.0 Å². The molecule has 9 heteroatoms. The van der Waals surface area contributed by atoms with Crippen molar-refractivity contribution < 1.29 is 17.6 Å². The molecule has 2 N–H and O–H groups in total. The van der Waals surface area contributed by atoms with E-state index in [9.17, 15) is 13.2 Å². The van der Waals surface area contributed by atoms with Gasteiger partial charge in [-0.3, -0.25) is 0 Å². The summed E-state index contributed by atoms with van der Waals surface area (Å²) in [7, 11) is -1.85. The number of benzene rings is 1. The number of alkyl halides is 3. The molecule has 0 amide bonds. The second-order valence-corrected chi connectivity index (χ2v) is 14.0. The lowest BCUT2D eigenvalue weighted by Crippen LogP contribution is -2.41. The Labute approximate surface area is 181 Å². The van der Waals surface area contributed by atoms with Crippen molar-refractivity contribution in [3.63, 3.8) is 0 Å². The molecule has 0 atom stereocenters. The van der Waals surface area contributed by atoms with Crippen LogP contribution < -0.4 is 5.73 Å². The molecular weight excluding hydrogens is 421 g/mol. The Morgan fingerprint density at radius 3 is 2.39 bits per heavy atom. The van der Waals surface area contributed by atoms with Crippen LogP contribution in [0.5, 0.6) is 0 Å². The Morgan fingerprint density at radius 1 is 1.06 bits per heavy atom. The number of halogens is 3. The summed E-state index contributed by atoms with van der Waals surface area (Å²) in [6.07, 6.45) is -3.76. The minimum atomic E-state index is -4.46. The van der Waals surface area contributed by atoms with Crippen molar-refractivity contribution in [3.8, 4) is 11.3 Å². The van der Waals surface area contributed by atoms with Gasteiger partial charge in [-0.1, -0.05) is 39.0 Å². The van der Waals surface area contributed by atoms with Crippen LogP contribution in [-0.2, 0) is 17.1 Å². The minimum Gasteiger partial charge on any atom is -0.417 e. The van der Waals surface area contributed by atoms with Gasteiger partial charge >= 0.3 is 6.18 Å². The second-order valence-electron chi connectivity index (χ2n) is 9.18. The van der Waals surface area contributed by atoms with Crippen LogP contribution in [0.3, 0.4) is 0 Å². The number of anilines is 1. The standard InChI is InChI=1S/C22H29F3N4OSi/c1-21(2,3)31(4,5)30-14-8-13-29-20-16(19(26)28-29)11-12-18(27-20)15-9-6-7-10-17(15)22(23,24)25/h6-7,9-12H,8,13-14H2,1-5H3,(H2,26,28). The van der Waals surface area contributed by atoms with Crippen LogP contribution in [0.2, 0.25) is 18.1 Å². The van der Waals surface area contributed by atoms with E-state index in [1.807, 2.05) is 0 Å². The second kappa shape index (κ2) is 8.27. The molecule has 0 saturated carbocycles. The van der Waals surface area contributed by atoms with E-state index in [2.05, 4.69) is 43.9 Å². The van der Waals surface area contributed by atoms with Crippen molar-refractivity contribution in [1.82, 2.24) is 14.8 Å². The molecule has 3 rings (SSSR count). The molecule has 0 radical (unpaired) electrons. The van der Waals surface area contributed by atoms with E-state index in [-0.39, 0.29) is 16.3 Å². The monoisotopic (exact) mass is 450 g/mol. The number of pyridine rings is 1. The van der Waals surface area contributed by atoms with E-state index in [0.29, 0.717) is 36.4 Å². The fraction of sp³-hybridized carbons (Fsp3) is 0.455. The first-order chi connectivity index (χ1) is 14.3. The number of aromatic nitrogens is 3. The normalized spacial score (nSPS) is 13.2. The lowest BCUT2D eigenvalue weighted by molar-refractivity contribution is -0.137. The van der Waals surface area contributed by atoms with E-state index >= 15 is 0 Å². The lowest BCUT2D eigenvalue weighted by atomic mass is 10.0. The zero-order valence-corrected chi connectivity index (χ0v) is 19.5. The molecular formula is C22H29F3N4OSi. The van der Waals surface area contributed by atoms with Crippen molar-refractivity contribution in [2.24, 2.45) is 0 Å². The van der Waals surface area contributed by atoms with Crippen LogP contribution in [-0.4, -0.2) is 29.7 Å². The maximum Gasteiger partial charge on any atom is 0.417 e. The number of hydrogen-bond acceptors (Lipinski definition) is 4. The summed E-state index contributed by atoms with van der Waals surface area (Å²) >= 11 is 0. The number of aryl methyl sites for hydroxylation is 1. The van der Waals surface area contributed by atoms with E-state index in [1.165, 1.54) is 12.1 Å². The molecule has 5 nitrogen and oxygen atoms in total. The van der Waals surface area contributed by atoms with E-state index in [1.54, 1.807) is 22.9 Å². The first kappa shape index (κ1) is 23.3. The first-order valence-corrected chi connectivity index (χ1v) is 13.2. The van der Waals surface area contributed by atoms with Crippen LogP contribution in [0, 0.1) is 0 Å². The van der Waals surface area contributed by atoms with Gasteiger partial charge in [-0.15, -0.1) is 0 Å². The smallest absolute Gasteiger partial charge is 0.417 e. The highest BCUT2D eigenvalue weighted by Crippen LogP contribution is 2.38. The summed E-state index contributed by atoms with van der Waals surface area (Å²) in [5.41, 5.74) is 6.04. The zero-order valence-electron chi connectivity index (χ0n) is 18.5. The zero-order chi connectivity index (χ0) is 23.0. The molecule has 2 aromatic heterocycles. The molecule has 0 spiro atoms. The van der Waals surface area contributed by atoms with Gasteiger partial charge in [0, 0.05) is 18.7 Å². The van der Waals surface area contributed by atoms with Crippen molar-refractivity contribution in [3.05, 3.63) is 42.0 Å². The number of rotatable bonds is 6. The molecule has 0 bridgehead atoms. The van der Waals surface area contributed by atoms with Crippen LogP contribution >= 0.6 is 0 Å². The van der Waals surface area contributed by atoms with Crippen LogP contribution in [0.25, 0.3) is 22.3 Å². The van der Waals surface area contributed by atoms with Crippen LogP contribution in [0.4, 0.5) is 19.0 Å². The van der Waals surface area contributed by atoms with Gasteiger partial charge in [0.2, 0.25) is 0 Å². The SMILES string of the molecule is CC(C)(C)[Si](C)(C)OCCCn1nc(N)c2ccc(-c3ccccc3C(F)(F)F)nc21. The largest absolute Gasteiger partial charge is 0.417 e. The Hall–Kier alpha value is -2.39. The Balaban J connectivity index is 1.86. The van der Waals surface area contributed by atoms with Crippen molar-refractivity contribution >= 4 is 25.2 Å². The van der Waals surface area contributed by atoms with Gasteiger partial charge in [0.05, 0.1) is 16.6 Å². The molecule has 0 unspecified atom stereocenters. The highest BCUT2D eigenvalue weighted by Gasteiger charge is 2.37. The van der Waals surface area contributed by atoms with Crippen LogP contribution in [0.1, 0.15) is 32.8 Å². The first-order valence-electron chi connectivity index (χ1n) is 10.2. The topological polar surface area (TPSA) is 66.0 Å². The van der Waals surface area contributed by atoms with Gasteiger partial charge in [-0.2, -0.15) is 18.3 Å². The van der Waals surface area contributed by atoms with Gasteiger partial charge in [-0.05, 0) is 42.8 Å². The Morgan fingerprint density at radius 2 is 1.74 bits per heavy atom. The van der Waals surface area contributed by atoms with Gasteiger partial charge in [-0.25, -0.2) is 9.67 Å². The molecule has 0 aliphatic carbocycles.